The molecule has 0 spiro atoms. The number of hydrogen-bond donors (Lipinski definition) is 1. The number of amides is 2. The molecule has 0 fully saturated rings. The van der Waals surface area contributed by atoms with E-state index in [0.717, 1.165) is 15.7 Å². The smallest absolute Gasteiger partial charge is 0.282 e. The van der Waals surface area contributed by atoms with Crippen LogP contribution in [0.15, 0.2) is 96.7 Å². The quantitative estimate of drug-likeness (QED) is 0.377. The van der Waals surface area contributed by atoms with Gasteiger partial charge in [0.1, 0.15) is 17.3 Å². The van der Waals surface area contributed by atoms with Gasteiger partial charge in [-0.1, -0.05) is 54.6 Å². The maximum Gasteiger partial charge on any atom is 0.282 e. The molecule has 168 valence electrons. The first-order chi connectivity index (χ1) is 16.6. The van der Waals surface area contributed by atoms with Crippen LogP contribution in [0.1, 0.15) is 12.5 Å². The van der Waals surface area contributed by atoms with Crippen LogP contribution in [0.3, 0.4) is 0 Å². The molecule has 0 unspecified atom stereocenters. The molecule has 0 radical (unpaired) electrons. The molecule has 0 saturated carbocycles. The lowest BCUT2D eigenvalue weighted by atomic mass is 10.0. The lowest BCUT2D eigenvalue weighted by Crippen LogP contribution is -2.32. The van der Waals surface area contributed by atoms with Gasteiger partial charge in [0.15, 0.2) is 0 Å². The van der Waals surface area contributed by atoms with E-state index in [1.54, 1.807) is 24.3 Å². The highest BCUT2D eigenvalue weighted by Crippen LogP contribution is 2.35. The molecule has 4 aromatic rings. The first-order valence-corrected chi connectivity index (χ1v) is 10.9. The van der Waals surface area contributed by atoms with Crippen LogP contribution in [0, 0.1) is 5.82 Å². The summed E-state index contributed by atoms with van der Waals surface area (Å²) in [4.78, 5) is 28.1. The number of fused-ring (bicyclic) bond motifs is 1. The number of nitrogens with zero attached hydrogens (tertiary/aromatic N) is 1. The summed E-state index contributed by atoms with van der Waals surface area (Å²) in [5.41, 5.74) is 1.77. The fourth-order valence-corrected chi connectivity index (χ4v) is 4.12. The van der Waals surface area contributed by atoms with Gasteiger partial charge in [0.05, 0.1) is 17.9 Å². The highest BCUT2D eigenvalue weighted by Gasteiger charge is 2.40. The van der Waals surface area contributed by atoms with E-state index in [1.807, 2.05) is 49.4 Å². The van der Waals surface area contributed by atoms with Gasteiger partial charge in [0.2, 0.25) is 0 Å². The number of nitrogens with one attached hydrogen (secondary N) is 1. The topological polar surface area (TPSA) is 58.6 Å². The Balaban J connectivity index is 1.64. The van der Waals surface area contributed by atoms with E-state index in [4.69, 9.17) is 4.74 Å². The van der Waals surface area contributed by atoms with Crippen molar-refractivity contribution in [3.05, 3.63) is 108 Å². The first kappa shape index (κ1) is 21.4. The predicted molar refractivity (Wildman–Crippen MR) is 131 cm³/mol. The summed E-state index contributed by atoms with van der Waals surface area (Å²) in [6.45, 7) is 2.40. The number of ether oxygens (including phenoxy) is 1. The summed E-state index contributed by atoms with van der Waals surface area (Å²) in [5.74, 6) is -0.944. The first-order valence-electron chi connectivity index (χ1n) is 10.9. The van der Waals surface area contributed by atoms with Crippen molar-refractivity contribution in [3.8, 4) is 5.75 Å². The maximum absolute atomic E-state index is 13.9. The van der Waals surface area contributed by atoms with Gasteiger partial charge in [-0.25, -0.2) is 9.29 Å². The number of carbonyl (C=O) groups excluding carboxylic acids is 2. The Labute approximate surface area is 196 Å². The number of benzene rings is 4. The molecule has 1 N–H and O–H groups in total. The minimum Gasteiger partial charge on any atom is -0.494 e. The van der Waals surface area contributed by atoms with Crippen molar-refractivity contribution >= 4 is 39.5 Å². The average Bonchev–Trinajstić information content (AvgIpc) is 3.09. The lowest BCUT2D eigenvalue weighted by molar-refractivity contribution is -0.120. The number of anilines is 2. The molecule has 5 nitrogen and oxygen atoms in total. The molecule has 4 aromatic carbocycles. The number of carbonyl (C=O) groups is 2. The molecular weight excluding hydrogens is 431 g/mol. The van der Waals surface area contributed by atoms with Gasteiger partial charge in [-0.2, -0.15) is 0 Å². The highest BCUT2D eigenvalue weighted by atomic mass is 19.1. The lowest BCUT2D eigenvalue weighted by Gasteiger charge is -2.16. The molecule has 5 rings (SSSR count). The molecule has 1 aliphatic heterocycles. The van der Waals surface area contributed by atoms with Crippen molar-refractivity contribution in [3.63, 3.8) is 0 Å². The van der Waals surface area contributed by atoms with Gasteiger partial charge < -0.3 is 10.1 Å². The molecule has 1 aliphatic rings. The molecule has 2 amide bonds. The molecule has 6 heteroatoms. The number of rotatable bonds is 6. The van der Waals surface area contributed by atoms with Crippen LogP contribution < -0.4 is 15.0 Å². The second kappa shape index (κ2) is 8.83. The summed E-state index contributed by atoms with van der Waals surface area (Å²) in [6.07, 6.45) is 0. The van der Waals surface area contributed by atoms with Crippen LogP contribution in [0.4, 0.5) is 15.8 Å². The number of imide groups is 1. The average molecular weight is 452 g/mol. The Bertz CT molecular complexity index is 1440. The largest absolute Gasteiger partial charge is 0.494 e. The molecule has 0 bridgehead atoms. The minimum absolute atomic E-state index is 0.134. The SMILES string of the molecule is CCOc1ccc(C2=C(Nc3cccc4ccccc34)C(=O)N(c3cccc(F)c3)C2=O)cc1. The van der Waals surface area contributed by atoms with Crippen molar-refractivity contribution in [1.82, 2.24) is 0 Å². The van der Waals surface area contributed by atoms with Gasteiger partial charge in [-0.05, 0) is 54.3 Å². The fraction of sp³-hybridized carbons (Fsp3) is 0.0714. The summed E-state index contributed by atoms with van der Waals surface area (Å²) >= 11 is 0. The van der Waals surface area contributed by atoms with Crippen LogP contribution in [-0.2, 0) is 9.59 Å². The monoisotopic (exact) mass is 452 g/mol. The molecule has 34 heavy (non-hydrogen) atoms. The van der Waals surface area contributed by atoms with E-state index in [1.165, 1.54) is 24.3 Å². The molecule has 0 aromatic heterocycles. The third kappa shape index (κ3) is 3.79. The molecule has 0 saturated heterocycles. The van der Waals surface area contributed by atoms with Gasteiger partial charge >= 0.3 is 0 Å². The van der Waals surface area contributed by atoms with E-state index in [0.29, 0.717) is 23.6 Å². The van der Waals surface area contributed by atoms with E-state index >= 15 is 0 Å². The third-order valence-corrected chi connectivity index (χ3v) is 5.65. The highest BCUT2D eigenvalue weighted by molar-refractivity contribution is 6.46. The van der Waals surface area contributed by atoms with Gasteiger partial charge in [0.25, 0.3) is 11.8 Å². The fourth-order valence-electron chi connectivity index (χ4n) is 4.12. The Morgan fingerprint density at radius 3 is 2.35 bits per heavy atom. The van der Waals surface area contributed by atoms with E-state index in [2.05, 4.69) is 5.32 Å². The standard InChI is InChI=1S/C28H21FN2O3/c1-2-34-22-15-13-19(14-16-22)25-26(30-24-12-5-8-18-7-3-4-11-23(18)24)28(33)31(27(25)32)21-10-6-9-20(29)17-21/h3-17,30H,2H2,1H3. The van der Waals surface area contributed by atoms with Crippen LogP contribution in [-0.4, -0.2) is 18.4 Å². The van der Waals surface area contributed by atoms with Crippen LogP contribution in [0.2, 0.25) is 0 Å². The van der Waals surface area contributed by atoms with Crippen molar-refractivity contribution < 1.29 is 18.7 Å². The molecule has 0 atom stereocenters. The third-order valence-electron chi connectivity index (χ3n) is 5.65. The van der Waals surface area contributed by atoms with E-state index in [9.17, 15) is 14.0 Å². The zero-order chi connectivity index (χ0) is 23.7. The molecular formula is C28H21FN2O3. The Kier molecular flexibility index (Phi) is 5.55. The number of hydrogen-bond acceptors (Lipinski definition) is 4. The Morgan fingerprint density at radius 1 is 0.853 bits per heavy atom. The summed E-state index contributed by atoms with van der Waals surface area (Å²) in [6, 6.07) is 25.9. The van der Waals surface area contributed by atoms with Crippen molar-refractivity contribution in [1.29, 1.82) is 0 Å². The molecule has 0 aliphatic carbocycles. The van der Waals surface area contributed by atoms with E-state index in [-0.39, 0.29) is 17.0 Å². The Morgan fingerprint density at radius 2 is 1.59 bits per heavy atom. The molecule has 1 heterocycles. The normalized spacial score (nSPS) is 13.6. The van der Waals surface area contributed by atoms with Crippen LogP contribution in [0.25, 0.3) is 16.3 Å². The number of halogens is 1. The van der Waals surface area contributed by atoms with Gasteiger partial charge in [-0.15, -0.1) is 0 Å². The van der Waals surface area contributed by atoms with Crippen molar-refractivity contribution in [2.24, 2.45) is 0 Å². The predicted octanol–water partition coefficient (Wildman–Crippen LogP) is 5.77. The van der Waals surface area contributed by atoms with Crippen molar-refractivity contribution in [2.45, 2.75) is 6.92 Å². The Hall–Kier alpha value is -4.45. The maximum atomic E-state index is 13.9. The summed E-state index contributed by atoms with van der Waals surface area (Å²) < 4.78 is 19.4. The van der Waals surface area contributed by atoms with Crippen LogP contribution in [0.5, 0.6) is 5.75 Å². The zero-order valence-corrected chi connectivity index (χ0v) is 18.4. The summed E-state index contributed by atoms with van der Waals surface area (Å²) in [7, 11) is 0. The van der Waals surface area contributed by atoms with E-state index < -0.39 is 17.6 Å². The summed E-state index contributed by atoms with van der Waals surface area (Å²) in [5, 5.41) is 5.11. The van der Waals surface area contributed by atoms with Crippen LogP contribution >= 0.6 is 0 Å². The second-order valence-corrected chi connectivity index (χ2v) is 7.78. The minimum atomic E-state index is -0.549. The van der Waals surface area contributed by atoms with Crippen molar-refractivity contribution in [2.75, 3.05) is 16.8 Å². The van der Waals surface area contributed by atoms with Gasteiger partial charge in [0, 0.05) is 11.1 Å². The second-order valence-electron chi connectivity index (χ2n) is 7.78. The zero-order valence-electron chi connectivity index (χ0n) is 18.4. The van der Waals surface area contributed by atoms with Gasteiger partial charge in [-0.3, -0.25) is 9.59 Å².